The lowest BCUT2D eigenvalue weighted by Crippen LogP contribution is -2.32. The zero-order chi connectivity index (χ0) is 11.7. The molecule has 88 valence electrons. The van der Waals surface area contributed by atoms with E-state index in [4.69, 9.17) is 4.74 Å². The zero-order valence-corrected chi connectivity index (χ0v) is 10.6. The van der Waals surface area contributed by atoms with Crippen LogP contribution in [0.25, 0.3) is 0 Å². The summed E-state index contributed by atoms with van der Waals surface area (Å²) >= 11 is 0. The minimum atomic E-state index is 0.448. The normalized spacial score (nSPS) is 19.4. The van der Waals surface area contributed by atoms with Crippen LogP contribution in [0.4, 0.5) is 0 Å². The molecule has 0 radical (unpaired) electrons. The van der Waals surface area contributed by atoms with Crippen molar-refractivity contribution in [2.75, 3.05) is 6.61 Å². The fourth-order valence-corrected chi connectivity index (χ4v) is 2.51. The van der Waals surface area contributed by atoms with Crippen molar-refractivity contribution < 1.29 is 4.74 Å². The van der Waals surface area contributed by atoms with Gasteiger partial charge in [0.05, 0.1) is 6.61 Å². The molecular formula is C14H21NO. The standard InChI is InChI=1S/C14H21NO/c1-9(2)15-12-5-6-16-13-8-10(3)7-11(4)14(12)13/h7-9,12,15H,5-6H2,1-4H3. The van der Waals surface area contributed by atoms with Crippen LogP contribution in [0, 0.1) is 13.8 Å². The minimum absolute atomic E-state index is 0.448. The van der Waals surface area contributed by atoms with Crippen LogP contribution in [0.1, 0.15) is 43.0 Å². The van der Waals surface area contributed by atoms with Crippen LogP contribution in [0.15, 0.2) is 12.1 Å². The summed E-state index contributed by atoms with van der Waals surface area (Å²) in [5.74, 6) is 1.07. The molecule has 0 amide bonds. The third-order valence-corrected chi connectivity index (χ3v) is 3.04. The van der Waals surface area contributed by atoms with Gasteiger partial charge in [0.25, 0.3) is 0 Å². The van der Waals surface area contributed by atoms with E-state index < -0.39 is 0 Å². The maximum absolute atomic E-state index is 5.76. The molecule has 0 saturated carbocycles. The summed E-state index contributed by atoms with van der Waals surface area (Å²) in [6.07, 6.45) is 1.06. The Kier molecular flexibility index (Phi) is 3.20. The van der Waals surface area contributed by atoms with Gasteiger partial charge in [0.15, 0.2) is 0 Å². The van der Waals surface area contributed by atoms with E-state index in [1.54, 1.807) is 0 Å². The van der Waals surface area contributed by atoms with E-state index in [2.05, 4.69) is 45.1 Å². The van der Waals surface area contributed by atoms with E-state index in [1.807, 2.05) is 0 Å². The molecule has 1 aromatic carbocycles. The van der Waals surface area contributed by atoms with Gasteiger partial charge in [0.2, 0.25) is 0 Å². The number of fused-ring (bicyclic) bond motifs is 1. The second kappa shape index (κ2) is 4.46. The van der Waals surface area contributed by atoms with Crippen molar-refractivity contribution in [3.05, 3.63) is 28.8 Å². The lowest BCUT2D eigenvalue weighted by molar-refractivity contribution is 0.246. The molecule has 0 bridgehead atoms. The highest BCUT2D eigenvalue weighted by atomic mass is 16.5. The second-order valence-electron chi connectivity index (χ2n) is 5.00. The van der Waals surface area contributed by atoms with E-state index in [-0.39, 0.29) is 0 Å². The first-order valence-electron chi connectivity index (χ1n) is 6.08. The van der Waals surface area contributed by atoms with Gasteiger partial charge in [-0.25, -0.2) is 0 Å². The Morgan fingerprint density at radius 1 is 1.31 bits per heavy atom. The summed E-state index contributed by atoms with van der Waals surface area (Å²) in [6, 6.07) is 5.35. The number of benzene rings is 1. The van der Waals surface area contributed by atoms with E-state index in [9.17, 15) is 0 Å². The first-order valence-corrected chi connectivity index (χ1v) is 6.08. The molecule has 0 saturated heterocycles. The fourth-order valence-electron chi connectivity index (χ4n) is 2.51. The molecule has 0 aromatic heterocycles. The third-order valence-electron chi connectivity index (χ3n) is 3.04. The predicted octanol–water partition coefficient (Wildman–Crippen LogP) is 3.13. The Bertz CT molecular complexity index is 385. The number of hydrogen-bond donors (Lipinski definition) is 1. The van der Waals surface area contributed by atoms with Gasteiger partial charge >= 0.3 is 0 Å². The van der Waals surface area contributed by atoms with Gasteiger partial charge in [-0.3, -0.25) is 0 Å². The predicted molar refractivity (Wildman–Crippen MR) is 67.0 cm³/mol. The Morgan fingerprint density at radius 2 is 2.06 bits per heavy atom. The number of hydrogen-bond acceptors (Lipinski definition) is 2. The third kappa shape index (κ3) is 2.22. The van der Waals surface area contributed by atoms with E-state index in [0.717, 1.165) is 18.8 Å². The summed E-state index contributed by atoms with van der Waals surface area (Å²) in [5.41, 5.74) is 3.97. The van der Waals surface area contributed by atoms with Gasteiger partial charge in [-0.2, -0.15) is 0 Å². The maximum Gasteiger partial charge on any atom is 0.124 e. The molecule has 0 fully saturated rings. The Hall–Kier alpha value is -1.02. The van der Waals surface area contributed by atoms with Gasteiger partial charge < -0.3 is 10.1 Å². The lowest BCUT2D eigenvalue weighted by atomic mass is 9.94. The molecule has 16 heavy (non-hydrogen) atoms. The molecule has 0 spiro atoms. The quantitative estimate of drug-likeness (QED) is 0.825. The summed E-state index contributed by atoms with van der Waals surface area (Å²) < 4.78 is 5.76. The second-order valence-corrected chi connectivity index (χ2v) is 5.00. The van der Waals surface area contributed by atoms with Crippen molar-refractivity contribution in [3.63, 3.8) is 0 Å². The lowest BCUT2D eigenvalue weighted by Gasteiger charge is -2.30. The smallest absolute Gasteiger partial charge is 0.124 e. The van der Waals surface area contributed by atoms with Crippen LogP contribution in [0.5, 0.6) is 5.75 Å². The summed E-state index contributed by atoms with van der Waals surface area (Å²) in [5, 5.41) is 3.62. The van der Waals surface area contributed by atoms with Crippen LogP contribution in [-0.2, 0) is 0 Å². The van der Waals surface area contributed by atoms with Crippen molar-refractivity contribution in [2.24, 2.45) is 0 Å². The fraction of sp³-hybridized carbons (Fsp3) is 0.571. The highest BCUT2D eigenvalue weighted by Crippen LogP contribution is 2.35. The summed E-state index contributed by atoms with van der Waals surface area (Å²) in [4.78, 5) is 0. The van der Waals surface area contributed by atoms with Crippen LogP contribution in [0.2, 0.25) is 0 Å². The molecule has 2 rings (SSSR count). The van der Waals surface area contributed by atoms with Crippen LogP contribution in [-0.4, -0.2) is 12.6 Å². The van der Waals surface area contributed by atoms with Crippen LogP contribution < -0.4 is 10.1 Å². The monoisotopic (exact) mass is 219 g/mol. The number of nitrogens with one attached hydrogen (secondary N) is 1. The van der Waals surface area contributed by atoms with Crippen molar-refractivity contribution in [1.29, 1.82) is 0 Å². The van der Waals surface area contributed by atoms with Gasteiger partial charge in [0, 0.05) is 24.1 Å². The maximum atomic E-state index is 5.76. The average molecular weight is 219 g/mol. The minimum Gasteiger partial charge on any atom is -0.493 e. The summed E-state index contributed by atoms with van der Waals surface area (Å²) in [7, 11) is 0. The summed E-state index contributed by atoms with van der Waals surface area (Å²) in [6.45, 7) is 9.50. The Labute approximate surface area is 98.0 Å². The molecule has 1 aliphatic heterocycles. The topological polar surface area (TPSA) is 21.3 Å². The molecule has 1 heterocycles. The highest BCUT2D eigenvalue weighted by molar-refractivity contribution is 5.46. The first-order chi connectivity index (χ1) is 7.58. The van der Waals surface area contributed by atoms with Crippen LogP contribution in [0.3, 0.4) is 0 Å². The molecule has 2 nitrogen and oxygen atoms in total. The average Bonchev–Trinajstić information content (AvgIpc) is 2.15. The SMILES string of the molecule is Cc1cc(C)c2c(c1)OCCC2NC(C)C. The van der Waals surface area contributed by atoms with Crippen molar-refractivity contribution in [1.82, 2.24) is 5.32 Å². The van der Waals surface area contributed by atoms with Crippen LogP contribution >= 0.6 is 0 Å². The molecule has 2 heteroatoms. The molecule has 1 atom stereocenters. The van der Waals surface area contributed by atoms with Gasteiger partial charge in [-0.05, 0) is 31.0 Å². The van der Waals surface area contributed by atoms with E-state index >= 15 is 0 Å². The zero-order valence-electron chi connectivity index (χ0n) is 10.6. The first kappa shape index (κ1) is 11.5. The molecule has 1 aromatic rings. The van der Waals surface area contributed by atoms with Gasteiger partial charge in [-0.1, -0.05) is 19.9 Å². The molecule has 1 unspecified atom stereocenters. The molecular weight excluding hydrogens is 198 g/mol. The Morgan fingerprint density at radius 3 is 2.75 bits per heavy atom. The largest absolute Gasteiger partial charge is 0.493 e. The van der Waals surface area contributed by atoms with Gasteiger partial charge in [0.1, 0.15) is 5.75 Å². The molecule has 1 aliphatic rings. The van der Waals surface area contributed by atoms with Crippen molar-refractivity contribution in [3.8, 4) is 5.75 Å². The Balaban J connectivity index is 2.37. The van der Waals surface area contributed by atoms with E-state index in [1.165, 1.54) is 16.7 Å². The van der Waals surface area contributed by atoms with Crippen molar-refractivity contribution >= 4 is 0 Å². The number of rotatable bonds is 2. The van der Waals surface area contributed by atoms with E-state index in [0.29, 0.717) is 12.1 Å². The molecule has 1 N–H and O–H groups in total. The number of ether oxygens (including phenoxy) is 1. The van der Waals surface area contributed by atoms with Crippen molar-refractivity contribution in [2.45, 2.75) is 46.2 Å². The molecule has 0 aliphatic carbocycles. The van der Waals surface area contributed by atoms with Gasteiger partial charge in [-0.15, -0.1) is 0 Å². The number of aryl methyl sites for hydroxylation is 2. The highest BCUT2D eigenvalue weighted by Gasteiger charge is 2.23.